The number of aliphatic hydroxyl groups is 2. The maximum atomic E-state index is 13.2. The highest BCUT2D eigenvalue weighted by atomic mass is 32.2. The number of aromatic nitrogens is 1. The third-order valence-corrected chi connectivity index (χ3v) is 8.98. The molecule has 2 aromatic rings. The van der Waals surface area contributed by atoms with Crippen molar-refractivity contribution < 1.29 is 19.2 Å². The molecule has 3 rings (SSSR count). The van der Waals surface area contributed by atoms with Crippen LogP contribution in [0.3, 0.4) is 0 Å². The van der Waals surface area contributed by atoms with E-state index in [-0.39, 0.29) is 18.0 Å². The van der Waals surface area contributed by atoms with Crippen LogP contribution >= 0.6 is 11.3 Å². The zero-order valence-corrected chi connectivity index (χ0v) is 24.9. The lowest BCUT2D eigenvalue weighted by Crippen LogP contribution is -2.38. The number of rotatable bonds is 9. The highest BCUT2D eigenvalue weighted by molar-refractivity contribution is 7.83. The molecule has 1 aromatic carbocycles. The molecule has 206 valence electrons. The van der Waals surface area contributed by atoms with Gasteiger partial charge >= 0.3 is 0 Å². The van der Waals surface area contributed by atoms with Gasteiger partial charge in [-0.1, -0.05) is 38.2 Å². The van der Waals surface area contributed by atoms with Crippen LogP contribution in [0.15, 0.2) is 23.1 Å². The van der Waals surface area contributed by atoms with Crippen molar-refractivity contribution in [2.75, 3.05) is 6.54 Å². The standard InChI is InChI=1S/C28H43N3O4S2/c1-26(2,3)31-37(35)22-14-13-19(16-20(22)28(6,7)34)23-21(15-18-11-9-8-10-12-18)30-25(36-23)24(32)29-17-27(4,5)33/h13-14,16,18,31,33-34H,8-12,15,17H2,1-7H3,(H,29,32). The van der Waals surface area contributed by atoms with Crippen molar-refractivity contribution in [3.05, 3.63) is 34.5 Å². The summed E-state index contributed by atoms with van der Waals surface area (Å²) in [4.78, 5) is 19.1. The van der Waals surface area contributed by atoms with Gasteiger partial charge in [0.05, 0.1) is 26.7 Å². The van der Waals surface area contributed by atoms with Gasteiger partial charge in [-0.25, -0.2) is 13.9 Å². The van der Waals surface area contributed by atoms with Gasteiger partial charge in [-0.05, 0) is 78.5 Å². The van der Waals surface area contributed by atoms with E-state index in [4.69, 9.17) is 4.98 Å². The van der Waals surface area contributed by atoms with E-state index >= 15 is 0 Å². The summed E-state index contributed by atoms with van der Waals surface area (Å²) in [5.41, 5.74) is -0.301. The van der Waals surface area contributed by atoms with E-state index in [0.717, 1.165) is 35.4 Å². The van der Waals surface area contributed by atoms with Crippen molar-refractivity contribution in [2.45, 2.75) is 109 Å². The molecule has 7 nitrogen and oxygen atoms in total. The van der Waals surface area contributed by atoms with Crippen LogP contribution in [0.1, 0.15) is 102 Å². The minimum atomic E-state index is -1.51. The zero-order chi connectivity index (χ0) is 27.6. The molecule has 0 aliphatic heterocycles. The van der Waals surface area contributed by atoms with Crippen LogP contribution in [0.2, 0.25) is 0 Å². The fraction of sp³-hybridized carbons (Fsp3) is 0.643. The fourth-order valence-electron chi connectivity index (χ4n) is 4.49. The first-order chi connectivity index (χ1) is 17.0. The Balaban J connectivity index is 2.03. The Morgan fingerprint density at radius 2 is 1.73 bits per heavy atom. The lowest BCUT2D eigenvalue weighted by molar-refractivity contribution is 0.0694. The molecule has 0 radical (unpaired) electrons. The quantitative estimate of drug-likeness (QED) is 0.349. The van der Waals surface area contributed by atoms with E-state index in [2.05, 4.69) is 10.0 Å². The molecule has 1 atom stereocenters. The molecule has 0 spiro atoms. The van der Waals surface area contributed by atoms with Crippen molar-refractivity contribution >= 4 is 28.2 Å². The van der Waals surface area contributed by atoms with Crippen molar-refractivity contribution in [1.82, 2.24) is 15.0 Å². The lowest BCUT2D eigenvalue weighted by atomic mass is 9.85. The number of carbonyl (C=O) groups excluding carboxylic acids is 1. The van der Waals surface area contributed by atoms with Crippen LogP contribution in [0.4, 0.5) is 0 Å². The van der Waals surface area contributed by atoms with Crippen LogP contribution in [0.25, 0.3) is 10.4 Å². The molecule has 0 bridgehead atoms. The van der Waals surface area contributed by atoms with Gasteiger partial charge in [0.2, 0.25) is 0 Å². The molecular formula is C28H43N3O4S2. The number of nitrogens with zero attached hydrogens (tertiary/aromatic N) is 1. The zero-order valence-electron chi connectivity index (χ0n) is 23.2. The average Bonchev–Trinajstić information content (AvgIpc) is 3.19. The SMILES string of the molecule is CC(C)(O)CNC(=O)c1nc(CC2CCCCC2)c(-c2ccc(S(=O)NC(C)(C)C)c(C(C)(C)O)c2)s1. The molecule has 1 aliphatic rings. The molecule has 1 unspecified atom stereocenters. The Labute approximate surface area is 228 Å². The van der Waals surface area contributed by atoms with Gasteiger partial charge in [0.15, 0.2) is 5.01 Å². The minimum absolute atomic E-state index is 0.128. The maximum absolute atomic E-state index is 13.2. The van der Waals surface area contributed by atoms with E-state index in [0.29, 0.717) is 21.4 Å². The largest absolute Gasteiger partial charge is 0.389 e. The number of amides is 1. The minimum Gasteiger partial charge on any atom is -0.389 e. The number of nitrogens with one attached hydrogen (secondary N) is 2. The van der Waals surface area contributed by atoms with Gasteiger partial charge in [0, 0.05) is 17.6 Å². The highest BCUT2D eigenvalue weighted by Gasteiger charge is 2.28. The molecule has 0 saturated heterocycles. The van der Waals surface area contributed by atoms with Gasteiger partial charge in [-0.15, -0.1) is 11.3 Å². The summed E-state index contributed by atoms with van der Waals surface area (Å²) in [5, 5.41) is 24.2. The summed E-state index contributed by atoms with van der Waals surface area (Å²) in [6, 6.07) is 5.59. The first kappa shape index (κ1) is 29.9. The summed E-state index contributed by atoms with van der Waals surface area (Å²) < 4.78 is 16.3. The molecule has 1 aliphatic carbocycles. The smallest absolute Gasteiger partial charge is 0.280 e. The molecule has 1 heterocycles. The molecule has 1 aromatic heterocycles. The van der Waals surface area contributed by atoms with E-state index in [1.807, 2.05) is 32.9 Å². The van der Waals surface area contributed by atoms with Crippen molar-refractivity contribution in [3.63, 3.8) is 0 Å². The number of hydrogen-bond acceptors (Lipinski definition) is 6. The Morgan fingerprint density at radius 1 is 1.08 bits per heavy atom. The van der Waals surface area contributed by atoms with E-state index in [1.54, 1.807) is 33.8 Å². The Kier molecular flexibility index (Phi) is 9.39. The average molecular weight is 550 g/mol. The van der Waals surface area contributed by atoms with Crippen LogP contribution in [0, 0.1) is 5.92 Å². The van der Waals surface area contributed by atoms with E-state index < -0.39 is 22.2 Å². The fourth-order valence-corrected chi connectivity index (χ4v) is 6.87. The first-order valence-corrected chi connectivity index (χ1v) is 15.1. The number of hydrogen-bond donors (Lipinski definition) is 4. The highest BCUT2D eigenvalue weighted by Crippen LogP contribution is 2.38. The molecule has 1 amide bonds. The molecule has 9 heteroatoms. The summed E-state index contributed by atoms with van der Waals surface area (Å²) in [5.74, 6) is 0.219. The predicted octanol–water partition coefficient (Wildman–Crippen LogP) is 5.07. The van der Waals surface area contributed by atoms with Crippen molar-refractivity contribution in [1.29, 1.82) is 0 Å². The summed E-state index contributed by atoms with van der Waals surface area (Å²) >= 11 is 1.33. The van der Waals surface area contributed by atoms with Crippen LogP contribution in [0.5, 0.6) is 0 Å². The van der Waals surface area contributed by atoms with Crippen molar-refractivity contribution in [3.8, 4) is 10.4 Å². The predicted molar refractivity (Wildman–Crippen MR) is 151 cm³/mol. The number of thiazole rings is 1. The van der Waals surface area contributed by atoms with E-state index in [1.165, 1.54) is 30.6 Å². The summed E-state index contributed by atoms with van der Waals surface area (Å²) in [6.07, 6.45) is 6.80. The van der Waals surface area contributed by atoms with Crippen LogP contribution in [-0.4, -0.2) is 43.0 Å². The number of carbonyl (C=O) groups is 1. The molecule has 1 saturated carbocycles. The molecular weight excluding hydrogens is 506 g/mol. The third-order valence-electron chi connectivity index (χ3n) is 6.28. The second-order valence-electron chi connectivity index (χ2n) is 12.4. The molecule has 4 N–H and O–H groups in total. The Morgan fingerprint density at radius 3 is 2.30 bits per heavy atom. The summed E-state index contributed by atoms with van der Waals surface area (Å²) in [7, 11) is -1.51. The van der Waals surface area contributed by atoms with Gasteiger partial charge < -0.3 is 15.5 Å². The second-order valence-corrected chi connectivity index (χ2v) is 14.6. The van der Waals surface area contributed by atoms with Gasteiger partial charge in [0.1, 0.15) is 11.0 Å². The van der Waals surface area contributed by atoms with Crippen LogP contribution in [-0.2, 0) is 23.0 Å². The maximum Gasteiger partial charge on any atom is 0.280 e. The molecule has 37 heavy (non-hydrogen) atoms. The normalized spacial score (nSPS) is 16.6. The first-order valence-electron chi connectivity index (χ1n) is 13.1. The van der Waals surface area contributed by atoms with Crippen LogP contribution < -0.4 is 10.0 Å². The van der Waals surface area contributed by atoms with Gasteiger partial charge in [0.25, 0.3) is 5.91 Å². The topological polar surface area (TPSA) is 112 Å². The Hall–Kier alpha value is -1.65. The second kappa shape index (κ2) is 11.6. The lowest BCUT2D eigenvalue weighted by Gasteiger charge is -2.25. The van der Waals surface area contributed by atoms with Crippen molar-refractivity contribution in [2.24, 2.45) is 5.92 Å². The van der Waals surface area contributed by atoms with Gasteiger partial charge in [-0.2, -0.15) is 0 Å². The van der Waals surface area contributed by atoms with E-state index in [9.17, 15) is 19.2 Å². The number of benzene rings is 1. The molecule has 1 fully saturated rings. The third kappa shape index (κ3) is 8.68. The monoisotopic (exact) mass is 549 g/mol. The van der Waals surface area contributed by atoms with Gasteiger partial charge in [-0.3, -0.25) is 4.79 Å². The summed E-state index contributed by atoms with van der Waals surface area (Å²) in [6.45, 7) is 12.6. The Bertz CT molecular complexity index is 1120.